The van der Waals surface area contributed by atoms with Crippen molar-refractivity contribution in [2.45, 2.75) is 43.1 Å². The number of β-lactam (4-membered cyclic amide) rings is 1. The predicted octanol–water partition coefficient (Wildman–Crippen LogP) is -1.15. The van der Waals surface area contributed by atoms with E-state index in [4.69, 9.17) is 15.7 Å². The molecule has 0 spiro atoms. The van der Waals surface area contributed by atoms with Crippen molar-refractivity contribution in [1.29, 1.82) is 0 Å². The molecule has 2 aliphatic rings. The van der Waals surface area contributed by atoms with Crippen molar-refractivity contribution in [3.63, 3.8) is 0 Å². The zero-order valence-corrected chi connectivity index (χ0v) is 22.1. The molecule has 1 fully saturated rings. The normalized spacial score (nSPS) is 19.3. The first-order valence-electron chi connectivity index (χ1n) is 10.7. The Morgan fingerprint density at radius 3 is 2.74 bits per heavy atom. The molecule has 2 aromatic rings. The Hall–Kier alpha value is -3.78. The standard InChI is InChI=1S/C18H20N10O7S3/c1-6(2)35-23-9(12-21-17(19)38-24-12)13(31)20-10-14(32)28-11(16(33)34)7(4-36-15(10)28)5-37-18-22-25-26-27(18)3-8(29)30/h6,10,15H,3-5H2,1-2H3,(H,20,31)(H,29,30)(H,33,34)(H2,19,21,24)/t10?,15-/m1/s1. The number of carbonyl (C=O) groups is 4. The average molecular weight is 585 g/mol. The minimum atomic E-state index is -1.32. The number of hydrogen-bond donors (Lipinski definition) is 4. The Labute approximate surface area is 226 Å². The summed E-state index contributed by atoms with van der Waals surface area (Å²) in [6.45, 7) is 2.95. The number of hydrogen-bond acceptors (Lipinski definition) is 15. The number of aliphatic carboxylic acids is 2. The number of aromatic nitrogens is 6. The number of nitrogen functional groups attached to an aromatic ring is 1. The zero-order valence-electron chi connectivity index (χ0n) is 19.7. The summed E-state index contributed by atoms with van der Waals surface area (Å²) in [6, 6.07) is -1.03. The smallest absolute Gasteiger partial charge is 0.352 e. The lowest BCUT2D eigenvalue weighted by atomic mass is 10.0. The number of oxime groups is 1. The molecule has 38 heavy (non-hydrogen) atoms. The van der Waals surface area contributed by atoms with Crippen molar-refractivity contribution in [2.75, 3.05) is 17.2 Å². The first-order chi connectivity index (χ1) is 18.1. The van der Waals surface area contributed by atoms with Gasteiger partial charge in [-0.1, -0.05) is 16.9 Å². The fourth-order valence-corrected chi connectivity index (χ4v) is 6.15. The summed E-state index contributed by atoms with van der Waals surface area (Å²) >= 11 is 3.16. The Morgan fingerprint density at radius 1 is 1.34 bits per heavy atom. The summed E-state index contributed by atoms with van der Waals surface area (Å²) in [5, 5.41) is 35.6. The third-order valence-electron chi connectivity index (χ3n) is 4.92. The summed E-state index contributed by atoms with van der Waals surface area (Å²) in [4.78, 5) is 59.3. The van der Waals surface area contributed by atoms with Crippen LogP contribution in [-0.2, 0) is 30.6 Å². The van der Waals surface area contributed by atoms with Crippen molar-refractivity contribution in [1.82, 2.24) is 39.8 Å². The van der Waals surface area contributed by atoms with Gasteiger partial charge < -0.3 is 26.1 Å². The molecule has 4 heterocycles. The number of tetrazole rings is 1. The minimum Gasteiger partial charge on any atom is -0.480 e. The van der Waals surface area contributed by atoms with Gasteiger partial charge in [0.05, 0.1) is 0 Å². The van der Waals surface area contributed by atoms with Gasteiger partial charge in [-0.25, -0.2) is 9.48 Å². The van der Waals surface area contributed by atoms with Gasteiger partial charge in [-0.05, 0) is 29.8 Å². The highest BCUT2D eigenvalue weighted by molar-refractivity contribution is 8.01. The first-order valence-corrected chi connectivity index (χ1v) is 13.5. The number of carboxylic acid groups (broad SMARTS) is 2. The second-order valence-corrected chi connectivity index (χ2v) is 10.8. The maximum atomic E-state index is 13.0. The van der Waals surface area contributed by atoms with Crippen molar-refractivity contribution in [2.24, 2.45) is 5.16 Å². The highest BCUT2D eigenvalue weighted by atomic mass is 32.2. The molecule has 1 unspecified atom stereocenters. The molecule has 2 atom stereocenters. The second-order valence-electron chi connectivity index (χ2n) is 7.97. The largest absolute Gasteiger partial charge is 0.480 e. The molecule has 0 aromatic carbocycles. The molecule has 0 saturated carbocycles. The molecule has 0 bridgehead atoms. The van der Waals surface area contributed by atoms with Crippen molar-refractivity contribution >= 4 is 69.7 Å². The Balaban J connectivity index is 1.49. The van der Waals surface area contributed by atoms with Gasteiger partial charge in [0.15, 0.2) is 5.13 Å². The molecule has 2 aromatic heterocycles. The summed E-state index contributed by atoms with van der Waals surface area (Å²) in [6.07, 6.45) is -0.350. The van der Waals surface area contributed by atoms with E-state index in [0.717, 1.165) is 32.9 Å². The topological polar surface area (TPSA) is 241 Å². The maximum Gasteiger partial charge on any atom is 0.352 e. The SMILES string of the molecule is CC(C)ON=C(C(=O)NC1C(=O)N2C(C(=O)O)=C(CSc3nnnn3CC(=O)O)CS[C@H]12)c1nsc(N)n1. The fraction of sp³-hybridized carbons (Fsp3) is 0.444. The summed E-state index contributed by atoms with van der Waals surface area (Å²) in [7, 11) is 0. The van der Waals surface area contributed by atoms with Gasteiger partial charge in [-0.2, -0.15) is 9.36 Å². The monoisotopic (exact) mass is 584 g/mol. The molecule has 17 nitrogen and oxygen atoms in total. The van der Waals surface area contributed by atoms with Crippen LogP contribution < -0.4 is 11.1 Å². The molecule has 0 radical (unpaired) electrons. The van der Waals surface area contributed by atoms with E-state index in [2.05, 4.69) is 35.4 Å². The van der Waals surface area contributed by atoms with E-state index < -0.39 is 41.7 Å². The Bertz CT molecular complexity index is 1340. The van der Waals surface area contributed by atoms with Crippen LogP contribution >= 0.6 is 35.1 Å². The van der Waals surface area contributed by atoms with Crippen LogP contribution in [0.4, 0.5) is 5.13 Å². The van der Waals surface area contributed by atoms with Gasteiger partial charge in [0.25, 0.3) is 11.8 Å². The number of anilines is 1. The van der Waals surface area contributed by atoms with Crippen LogP contribution in [0.5, 0.6) is 0 Å². The number of rotatable bonds is 11. The lowest BCUT2D eigenvalue weighted by molar-refractivity contribution is -0.150. The van der Waals surface area contributed by atoms with Gasteiger partial charge in [0.1, 0.15) is 29.8 Å². The van der Waals surface area contributed by atoms with E-state index in [1.807, 2.05) is 0 Å². The van der Waals surface area contributed by atoms with Crippen LogP contribution in [0.1, 0.15) is 19.7 Å². The Kier molecular flexibility index (Phi) is 8.11. The third-order valence-corrected chi connectivity index (χ3v) is 7.85. The molecule has 20 heteroatoms. The Morgan fingerprint density at radius 2 is 2.11 bits per heavy atom. The minimum absolute atomic E-state index is 0.0683. The summed E-state index contributed by atoms with van der Waals surface area (Å²) < 4.78 is 5.04. The van der Waals surface area contributed by atoms with E-state index in [0.29, 0.717) is 5.57 Å². The molecule has 202 valence electrons. The second kappa shape index (κ2) is 11.3. The number of nitrogens with zero attached hydrogens (tertiary/aromatic N) is 8. The first kappa shape index (κ1) is 27.3. The van der Waals surface area contributed by atoms with Gasteiger partial charge in [-0.3, -0.25) is 19.3 Å². The van der Waals surface area contributed by atoms with Crippen LogP contribution in [0.25, 0.3) is 0 Å². The number of carboxylic acids is 2. The molecule has 2 aliphatic heterocycles. The lowest BCUT2D eigenvalue weighted by Crippen LogP contribution is -2.71. The van der Waals surface area contributed by atoms with E-state index in [1.165, 1.54) is 11.8 Å². The molecule has 1 saturated heterocycles. The fourth-order valence-electron chi connectivity index (χ4n) is 3.36. The van der Waals surface area contributed by atoms with Crippen LogP contribution in [0, 0.1) is 0 Å². The quantitative estimate of drug-likeness (QED) is 0.105. The van der Waals surface area contributed by atoms with E-state index in [-0.39, 0.29) is 45.1 Å². The van der Waals surface area contributed by atoms with Crippen molar-refractivity contribution in [3.8, 4) is 0 Å². The summed E-state index contributed by atoms with van der Waals surface area (Å²) in [5.41, 5.74) is 5.55. The van der Waals surface area contributed by atoms with Gasteiger partial charge in [-0.15, -0.1) is 16.9 Å². The maximum absolute atomic E-state index is 13.0. The predicted molar refractivity (Wildman–Crippen MR) is 133 cm³/mol. The third kappa shape index (κ3) is 5.70. The van der Waals surface area contributed by atoms with Crippen LogP contribution in [0.3, 0.4) is 0 Å². The van der Waals surface area contributed by atoms with Crippen LogP contribution in [0.15, 0.2) is 21.6 Å². The van der Waals surface area contributed by atoms with Gasteiger partial charge in [0, 0.05) is 23.0 Å². The van der Waals surface area contributed by atoms with Crippen molar-refractivity contribution < 1.29 is 34.2 Å². The highest BCUT2D eigenvalue weighted by Crippen LogP contribution is 2.41. The molecular formula is C18H20N10O7S3. The molecule has 4 rings (SSSR count). The number of nitrogens with one attached hydrogen (secondary N) is 1. The van der Waals surface area contributed by atoms with Crippen LogP contribution in [0.2, 0.25) is 0 Å². The van der Waals surface area contributed by atoms with Gasteiger partial charge in [0.2, 0.25) is 16.7 Å². The molecule has 5 N–H and O–H groups in total. The van der Waals surface area contributed by atoms with Crippen LogP contribution in [-0.4, -0.2) is 103 Å². The zero-order chi connectivity index (χ0) is 27.6. The molecular weight excluding hydrogens is 564 g/mol. The number of nitrogens with two attached hydrogens (primary N) is 1. The number of carbonyl (C=O) groups excluding carboxylic acids is 2. The lowest BCUT2D eigenvalue weighted by Gasteiger charge is -2.49. The number of thioether (sulfide) groups is 2. The highest BCUT2D eigenvalue weighted by Gasteiger charge is 2.54. The van der Waals surface area contributed by atoms with Gasteiger partial charge >= 0.3 is 11.9 Å². The molecule has 0 aliphatic carbocycles. The summed E-state index contributed by atoms with van der Waals surface area (Å²) in [5.74, 6) is -3.60. The van der Waals surface area contributed by atoms with E-state index in [9.17, 15) is 24.3 Å². The van der Waals surface area contributed by atoms with E-state index in [1.54, 1.807) is 13.8 Å². The molecule has 2 amide bonds. The van der Waals surface area contributed by atoms with Crippen molar-refractivity contribution in [3.05, 3.63) is 17.1 Å². The average Bonchev–Trinajstić information content (AvgIpc) is 3.48. The number of amides is 2. The number of fused-ring (bicyclic) bond motifs is 1. The van der Waals surface area contributed by atoms with E-state index >= 15 is 0 Å².